The SMILES string of the molecule is CC/C=C\C/C=C\C/C=C\C/C=C\C/C=C\C/C=C\C/C=C\CCCCCCCCCCCCCCCCCCCC(=O)NC(COC1OC(CO)C(OC2OC(CO)C(O)C(O)C2O)C(O)C1O)C(O)CCCCCCCCCCCCCCCCCCC. The number of ether oxygens (including phenoxy) is 4. The number of aliphatic hydroxyl groups is 8. The Hall–Kier alpha value is -2.83. The highest BCUT2D eigenvalue weighted by Gasteiger charge is 2.51. The zero-order chi connectivity index (χ0) is 65.2. The van der Waals surface area contributed by atoms with E-state index in [2.05, 4.69) is 104 Å². The topological polar surface area (TPSA) is 228 Å². The fourth-order valence-corrected chi connectivity index (χ4v) is 11.8. The van der Waals surface area contributed by atoms with E-state index in [0.717, 1.165) is 96.3 Å². The zero-order valence-corrected chi connectivity index (χ0v) is 56.9. The summed E-state index contributed by atoms with van der Waals surface area (Å²) in [5.41, 5.74) is 0. The number of aliphatic hydroxyl groups excluding tert-OH is 8. The first kappa shape index (κ1) is 83.3. The normalized spacial score (nSPS) is 23.4. The van der Waals surface area contributed by atoms with E-state index < -0.39 is 86.8 Å². The molecule has 0 aromatic carbocycles. The summed E-state index contributed by atoms with van der Waals surface area (Å²) in [5, 5.41) is 87.6. The maximum atomic E-state index is 13.4. The Kier molecular flexibility index (Phi) is 55.4. The summed E-state index contributed by atoms with van der Waals surface area (Å²) in [6.07, 6.45) is 66.1. The predicted octanol–water partition coefficient (Wildman–Crippen LogP) is 15.6. The second kappa shape index (κ2) is 59.9. The molecule has 0 radical (unpaired) electrons. The van der Waals surface area contributed by atoms with Crippen LogP contribution >= 0.6 is 0 Å². The lowest BCUT2D eigenvalue weighted by Crippen LogP contribution is -2.65. The largest absolute Gasteiger partial charge is 0.394 e. The van der Waals surface area contributed by atoms with Crippen LogP contribution in [-0.2, 0) is 23.7 Å². The van der Waals surface area contributed by atoms with Gasteiger partial charge in [0.05, 0.1) is 32.0 Å². The molecule has 12 unspecified atom stereocenters. The monoisotopic (exact) mass is 1270 g/mol. The Labute approximate surface area is 548 Å². The van der Waals surface area contributed by atoms with Crippen LogP contribution in [0.4, 0.5) is 0 Å². The van der Waals surface area contributed by atoms with Crippen LogP contribution in [0.1, 0.15) is 296 Å². The highest BCUT2D eigenvalue weighted by atomic mass is 16.7. The van der Waals surface area contributed by atoms with Crippen LogP contribution in [0.3, 0.4) is 0 Å². The van der Waals surface area contributed by atoms with Crippen molar-refractivity contribution in [1.82, 2.24) is 5.32 Å². The summed E-state index contributed by atoms with van der Waals surface area (Å²) < 4.78 is 22.9. The number of amides is 1. The van der Waals surface area contributed by atoms with Gasteiger partial charge in [-0.1, -0.05) is 304 Å². The van der Waals surface area contributed by atoms with Crippen molar-refractivity contribution in [3.63, 3.8) is 0 Å². The van der Waals surface area contributed by atoms with Gasteiger partial charge in [-0.25, -0.2) is 0 Å². The summed E-state index contributed by atoms with van der Waals surface area (Å²) in [5.74, 6) is -0.205. The fourth-order valence-electron chi connectivity index (χ4n) is 11.8. The first-order valence-corrected chi connectivity index (χ1v) is 36.8. The van der Waals surface area contributed by atoms with Crippen LogP contribution in [0, 0.1) is 0 Å². The second-order valence-electron chi connectivity index (χ2n) is 25.7. The second-order valence-corrected chi connectivity index (χ2v) is 25.7. The minimum atomic E-state index is -1.78. The van der Waals surface area contributed by atoms with E-state index in [9.17, 15) is 45.6 Å². The maximum Gasteiger partial charge on any atom is 0.220 e. The molecule has 9 N–H and O–H groups in total. The lowest BCUT2D eigenvalue weighted by molar-refractivity contribution is -0.359. The van der Waals surface area contributed by atoms with Gasteiger partial charge in [-0.15, -0.1) is 0 Å². The molecule has 0 aliphatic carbocycles. The Bertz CT molecular complexity index is 1830. The first-order valence-electron chi connectivity index (χ1n) is 36.8. The van der Waals surface area contributed by atoms with Crippen LogP contribution in [0.5, 0.6) is 0 Å². The summed E-state index contributed by atoms with van der Waals surface area (Å²) in [6, 6.07) is -0.832. The van der Waals surface area contributed by atoms with Crippen LogP contribution in [-0.4, -0.2) is 140 Å². The minimum absolute atomic E-state index is 0.205. The molecule has 0 aromatic heterocycles. The van der Waals surface area contributed by atoms with Gasteiger partial charge in [-0.2, -0.15) is 0 Å². The standard InChI is InChI=1S/C76H135NO13/c1-3-5-7-9-11-13-15-17-19-21-22-23-24-25-26-27-28-29-30-31-32-33-34-35-36-37-38-39-40-41-42-44-46-48-50-52-54-56-58-60-68(81)77-64(65(80)59-57-55-53-51-49-47-45-43-20-18-16-14-12-10-8-6-4-2)63-87-75-73(86)71(84)74(67(62-79)89-75)90-76-72(85)70(83)69(82)66(61-78)88-76/h5,7,11,13,17,19,22-23,25-26,28-29,31-32,64-67,69-76,78-80,82-86H,3-4,6,8-10,12,14-16,18,20-21,24,27,30,33-63H2,1-2H3,(H,77,81)/b7-5-,13-11-,19-17-,23-22-,26-25-,29-28-,32-31-. The van der Waals surface area contributed by atoms with Crippen molar-refractivity contribution in [2.45, 2.75) is 370 Å². The third kappa shape index (κ3) is 43.2. The van der Waals surface area contributed by atoms with Gasteiger partial charge in [-0.3, -0.25) is 4.79 Å². The number of nitrogens with one attached hydrogen (secondary N) is 1. The van der Waals surface area contributed by atoms with E-state index in [1.165, 1.54) is 173 Å². The molecule has 0 aromatic rings. The lowest BCUT2D eigenvalue weighted by Gasteiger charge is -2.46. The molecule has 0 spiro atoms. The molecule has 2 fully saturated rings. The molecule has 90 heavy (non-hydrogen) atoms. The number of hydrogen-bond acceptors (Lipinski definition) is 13. The number of rotatable bonds is 60. The average molecular weight is 1270 g/mol. The summed E-state index contributed by atoms with van der Waals surface area (Å²) >= 11 is 0. The molecule has 2 heterocycles. The van der Waals surface area contributed by atoms with E-state index in [4.69, 9.17) is 18.9 Å². The van der Waals surface area contributed by atoms with Crippen molar-refractivity contribution in [2.75, 3.05) is 19.8 Å². The van der Waals surface area contributed by atoms with Crippen LogP contribution in [0.15, 0.2) is 85.1 Å². The number of carbonyl (C=O) groups excluding carboxylic acids is 1. The van der Waals surface area contributed by atoms with Gasteiger partial charge in [0.25, 0.3) is 0 Å². The Morgan fingerprint density at radius 1 is 0.411 bits per heavy atom. The van der Waals surface area contributed by atoms with Crippen molar-refractivity contribution in [1.29, 1.82) is 0 Å². The van der Waals surface area contributed by atoms with Gasteiger partial charge >= 0.3 is 0 Å². The number of carbonyl (C=O) groups is 1. The molecule has 2 saturated heterocycles. The third-order valence-corrected chi connectivity index (χ3v) is 17.6. The van der Waals surface area contributed by atoms with Crippen molar-refractivity contribution in [3.05, 3.63) is 85.1 Å². The minimum Gasteiger partial charge on any atom is -0.394 e. The molecule has 0 saturated carbocycles. The molecule has 1 amide bonds. The Morgan fingerprint density at radius 3 is 1.18 bits per heavy atom. The predicted molar refractivity (Wildman–Crippen MR) is 369 cm³/mol. The Morgan fingerprint density at radius 2 is 0.767 bits per heavy atom. The number of unbranched alkanes of at least 4 members (excludes halogenated alkanes) is 33. The first-order chi connectivity index (χ1) is 44.1. The molecular weight excluding hydrogens is 1130 g/mol. The van der Waals surface area contributed by atoms with E-state index in [-0.39, 0.29) is 12.5 Å². The molecule has 14 nitrogen and oxygen atoms in total. The van der Waals surface area contributed by atoms with E-state index >= 15 is 0 Å². The smallest absolute Gasteiger partial charge is 0.220 e. The van der Waals surface area contributed by atoms with Crippen LogP contribution in [0.2, 0.25) is 0 Å². The van der Waals surface area contributed by atoms with Crippen LogP contribution < -0.4 is 5.32 Å². The van der Waals surface area contributed by atoms with Gasteiger partial charge in [0, 0.05) is 6.42 Å². The van der Waals surface area contributed by atoms with E-state index in [1.807, 2.05) is 0 Å². The highest BCUT2D eigenvalue weighted by molar-refractivity contribution is 5.76. The fraction of sp³-hybridized carbons (Fsp3) is 0.803. The molecular formula is C76H135NO13. The van der Waals surface area contributed by atoms with Crippen LogP contribution in [0.25, 0.3) is 0 Å². The Balaban J connectivity index is 1.58. The lowest BCUT2D eigenvalue weighted by atomic mass is 9.97. The summed E-state index contributed by atoms with van der Waals surface area (Å²) in [6.45, 7) is 2.77. The van der Waals surface area contributed by atoms with Gasteiger partial charge in [-0.05, 0) is 70.6 Å². The molecule has 0 bridgehead atoms. The van der Waals surface area contributed by atoms with Crippen molar-refractivity contribution >= 4 is 5.91 Å². The number of hydrogen-bond donors (Lipinski definition) is 9. The number of allylic oxidation sites excluding steroid dienone is 14. The summed E-state index contributed by atoms with van der Waals surface area (Å²) in [7, 11) is 0. The molecule has 2 rings (SSSR count). The van der Waals surface area contributed by atoms with Crippen molar-refractivity contribution in [2.24, 2.45) is 0 Å². The van der Waals surface area contributed by atoms with E-state index in [0.29, 0.717) is 12.8 Å². The maximum absolute atomic E-state index is 13.4. The van der Waals surface area contributed by atoms with Gasteiger partial charge in [0.2, 0.25) is 5.91 Å². The summed E-state index contributed by atoms with van der Waals surface area (Å²) in [4.78, 5) is 13.4. The van der Waals surface area contributed by atoms with Crippen molar-refractivity contribution < 1.29 is 64.6 Å². The van der Waals surface area contributed by atoms with Crippen molar-refractivity contribution in [3.8, 4) is 0 Å². The van der Waals surface area contributed by atoms with Gasteiger partial charge in [0.1, 0.15) is 48.8 Å². The zero-order valence-electron chi connectivity index (χ0n) is 56.9. The van der Waals surface area contributed by atoms with Gasteiger partial charge < -0.3 is 65.1 Å². The molecule has 2 aliphatic heterocycles. The molecule has 522 valence electrons. The average Bonchev–Trinajstić information content (AvgIpc) is 1.04. The molecule has 2 aliphatic rings. The highest BCUT2D eigenvalue weighted by Crippen LogP contribution is 2.30. The van der Waals surface area contributed by atoms with Gasteiger partial charge in [0.15, 0.2) is 12.6 Å². The third-order valence-electron chi connectivity index (χ3n) is 17.6. The molecule has 14 heteroatoms. The molecule has 12 atom stereocenters. The quantitative estimate of drug-likeness (QED) is 0.0204. The van der Waals surface area contributed by atoms with E-state index in [1.54, 1.807) is 0 Å².